The van der Waals surface area contributed by atoms with Gasteiger partial charge in [0.25, 0.3) is 0 Å². The number of rotatable bonds is 0. The van der Waals surface area contributed by atoms with Gasteiger partial charge in [0.2, 0.25) is 0 Å². The van der Waals surface area contributed by atoms with Crippen molar-refractivity contribution in [2.45, 2.75) is 6.92 Å². The predicted octanol–water partition coefficient (Wildman–Crippen LogP) is 0.982. The van der Waals surface area contributed by atoms with Gasteiger partial charge >= 0.3 is 5.97 Å². The van der Waals surface area contributed by atoms with Crippen molar-refractivity contribution in [3.63, 3.8) is 0 Å². The van der Waals surface area contributed by atoms with Crippen LogP contribution in [-0.4, -0.2) is 13.1 Å². The largest absolute Gasteiger partial charge is 0.469 e. The molecule has 0 amide bonds. The molecule has 0 rings (SSSR count). The molecule has 0 radical (unpaired) electrons. The second kappa shape index (κ2) is 8.96. The topological polar surface area (TPSA) is 26.3 Å². The molecule has 0 saturated heterocycles. The van der Waals surface area contributed by atoms with Crippen LogP contribution in [0.1, 0.15) is 6.92 Å². The normalized spacial score (nSPS) is 5.43. The van der Waals surface area contributed by atoms with Crippen LogP contribution in [0, 0.1) is 0 Å². The number of esters is 1. The Kier molecular flexibility index (Phi) is 12.2. The minimum Gasteiger partial charge on any atom is -0.469 e. The fourth-order valence-electron chi connectivity index (χ4n) is 0. The van der Waals surface area contributed by atoms with E-state index in [9.17, 15) is 4.79 Å². The summed E-state index contributed by atoms with van der Waals surface area (Å²) in [6, 6.07) is 0. The van der Waals surface area contributed by atoms with Gasteiger partial charge in [-0.05, 0) is 0 Å². The van der Waals surface area contributed by atoms with Gasteiger partial charge in [-0.25, -0.2) is 0 Å². The molecule has 0 atom stereocenters. The summed E-state index contributed by atoms with van der Waals surface area (Å²) in [7, 11) is 1.35. The minimum atomic E-state index is -0.245. The predicted molar refractivity (Wildman–Crippen MR) is 28.9 cm³/mol. The van der Waals surface area contributed by atoms with Crippen LogP contribution in [0.2, 0.25) is 0 Å². The van der Waals surface area contributed by atoms with Crippen molar-refractivity contribution < 1.29 is 9.53 Å². The summed E-state index contributed by atoms with van der Waals surface area (Å²) in [6.45, 7) is 7.36. The van der Waals surface area contributed by atoms with Gasteiger partial charge in [-0.15, -0.1) is 13.2 Å². The van der Waals surface area contributed by atoms with Gasteiger partial charge in [-0.2, -0.15) is 0 Å². The zero-order chi connectivity index (χ0) is 6.28. The number of hydrogen-bond acceptors (Lipinski definition) is 2. The third-order valence-electron chi connectivity index (χ3n) is 0.287. The molecule has 2 nitrogen and oxygen atoms in total. The molecule has 42 valence electrons. The van der Waals surface area contributed by atoms with E-state index < -0.39 is 0 Å². The summed E-state index contributed by atoms with van der Waals surface area (Å²) < 4.78 is 4.11. The number of carbonyl (C=O) groups excluding carboxylic acids is 1. The second-order valence-corrected chi connectivity index (χ2v) is 0.696. The Balaban J connectivity index is 0. The molecule has 0 fully saturated rings. The fourth-order valence-corrected chi connectivity index (χ4v) is 0. The summed E-state index contributed by atoms with van der Waals surface area (Å²) >= 11 is 0. The van der Waals surface area contributed by atoms with Crippen LogP contribution in [-0.2, 0) is 9.53 Å². The summed E-state index contributed by atoms with van der Waals surface area (Å²) in [4.78, 5) is 9.59. The van der Waals surface area contributed by atoms with Gasteiger partial charge in [-0.1, -0.05) is 0 Å². The minimum absolute atomic E-state index is 0.245. The first kappa shape index (κ1) is 9.51. The van der Waals surface area contributed by atoms with E-state index in [2.05, 4.69) is 17.9 Å². The van der Waals surface area contributed by atoms with E-state index in [-0.39, 0.29) is 5.97 Å². The monoisotopic (exact) mass is 102 g/mol. The van der Waals surface area contributed by atoms with E-state index in [0.29, 0.717) is 0 Å². The fraction of sp³-hybridized carbons (Fsp3) is 0.400. The van der Waals surface area contributed by atoms with Crippen molar-refractivity contribution in [3.05, 3.63) is 13.2 Å². The van der Waals surface area contributed by atoms with Crippen molar-refractivity contribution in [2.24, 2.45) is 0 Å². The second-order valence-electron chi connectivity index (χ2n) is 0.696. The Morgan fingerprint density at radius 2 is 1.71 bits per heavy atom. The van der Waals surface area contributed by atoms with Crippen LogP contribution in [0.5, 0.6) is 0 Å². The zero-order valence-corrected chi connectivity index (χ0v) is 4.73. The highest BCUT2D eigenvalue weighted by molar-refractivity contribution is 5.65. The molecule has 0 N–H and O–H groups in total. The summed E-state index contributed by atoms with van der Waals surface area (Å²) in [5.41, 5.74) is 0. The molecular weight excluding hydrogens is 92.1 g/mol. The van der Waals surface area contributed by atoms with Crippen molar-refractivity contribution >= 4 is 5.97 Å². The molecule has 0 saturated carbocycles. The van der Waals surface area contributed by atoms with Gasteiger partial charge in [0, 0.05) is 6.92 Å². The molecule has 0 aromatic carbocycles. The number of methoxy groups -OCH3 is 1. The average Bonchev–Trinajstić information content (AvgIpc) is 1.73. The molecular formula is C5H10O2. The summed E-state index contributed by atoms with van der Waals surface area (Å²) in [5.74, 6) is -0.245. The molecule has 0 aromatic rings. The Labute approximate surface area is 43.8 Å². The lowest BCUT2D eigenvalue weighted by Gasteiger charge is -1.80. The van der Waals surface area contributed by atoms with Crippen LogP contribution < -0.4 is 0 Å². The maximum Gasteiger partial charge on any atom is 0.302 e. The molecule has 0 heterocycles. The molecule has 0 aliphatic carbocycles. The van der Waals surface area contributed by atoms with E-state index in [4.69, 9.17) is 0 Å². The highest BCUT2D eigenvalue weighted by atomic mass is 16.5. The molecule has 0 spiro atoms. The first-order valence-electron chi connectivity index (χ1n) is 1.82. The van der Waals surface area contributed by atoms with Crippen LogP contribution in [0.4, 0.5) is 0 Å². The third kappa shape index (κ3) is 36.7. The molecule has 0 aliphatic heterocycles. The summed E-state index contributed by atoms with van der Waals surface area (Å²) in [6.07, 6.45) is 0. The van der Waals surface area contributed by atoms with E-state index >= 15 is 0 Å². The highest BCUT2D eigenvalue weighted by Crippen LogP contribution is 1.60. The van der Waals surface area contributed by atoms with Gasteiger partial charge in [-0.3, -0.25) is 4.79 Å². The maximum absolute atomic E-state index is 9.59. The van der Waals surface area contributed by atoms with Crippen molar-refractivity contribution in [3.8, 4) is 0 Å². The van der Waals surface area contributed by atoms with Gasteiger partial charge in [0.05, 0.1) is 7.11 Å². The van der Waals surface area contributed by atoms with E-state index in [1.807, 2.05) is 0 Å². The smallest absolute Gasteiger partial charge is 0.302 e. The Hall–Kier alpha value is -0.790. The lowest BCUT2D eigenvalue weighted by atomic mass is 10.8. The molecule has 0 aromatic heterocycles. The zero-order valence-electron chi connectivity index (χ0n) is 4.73. The van der Waals surface area contributed by atoms with Crippen LogP contribution in [0.3, 0.4) is 0 Å². The standard InChI is InChI=1S/C3H6O2.C2H4/c1-3(4)5-2;1-2/h1-2H3;1-2H2. The number of carbonyl (C=O) groups is 1. The van der Waals surface area contributed by atoms with Crippen molar-refractivity contribution in [1.29, 1.82) is 0 Å². The van der Waals surface area contributed by atoms with Crippen LogP contribution in [0.25, 0.3) is 0 Å². The summed E-state index contributed by atoms with van der Waals surface area (Å²) in [5, 5.41) is 0. The van der Waals surface area contributed by atoms with Crippen molar-refractivity contribution in [2.75, 3.05) is 7.11 Å². The lowest BCUT2D eigenvalue weighted by Crippen LogP contribution is -1.88. The number of hydrogen-bond donors (Lipinski definition) is 0. The lowest BCUT2D eigenvalue weighted by molar-refractivity contribution is -0.137. The van der Waals surface area contributed by atoms with Crippen molar-refractivity contribution in [1.82, 2.24) is 0 Å². The Bertz CT molecular complexity index is 50.0. The van der Waals surface area contributed by atoms with Crippen LogP contribution in [0.15, 0.2) is 13.2 Å². The highest BCUT2D eigenvalue weighted by Gasteiger charge is 1.75. The SMILES string of the molecule is C=C.COC(C)=O. The molecule has 7 heavy (non-hydrogen) atoms. The van der Waals surface area contributed by atoms with Gasteiger partial charge in [0.1, 0.15) is 0 Å². The van der Waals surface area contributed by atoms with E-state index in [1.165, 1.54) is 14.0 Å². The first-order valence-corrected chi connectivity index (χ1v) is 1.82. The molecule has 0 aliphatic rings. The maximum atomic E-state index is 9.59. The van der Waals surface area contributed by atoms with Crippen LogP contribution >= 0.6 is 0 Å². The Morgan fingerprint density at radius 3 is 1.71 bits per heavy atom. The third-order valence-corrected chi connectivity index (χ3v) is 0.287. The van der Waals surface area contributed by atoms with E-state index in [0.717, 1.165) is 0 Å². The molecule has 0 bridgehead atoms. The molecule has 2 heteroatoms. The number of ether oxygens (including phenoxy) is 1. The van der Waals surface area contributed by atoms with Gasteiger partial charge in [0.15, 0.2) is 0 Å². The molecule has 0 unspecified atom stereocenters. The average molecular weight is 102 g/mol. The van der Waals surface area contributed by atoms with Gasteiger partial charge < -0.3 is 4.74 Å². The quantitative estimate of drug-likeness (QED) is 0.336. The Morgan fingerprint density at radius 1 is 1.57 bits per heavy atom. The van der Waals surface area contributed by atoms with E-state index in [1.54, 1.807) is 0 Å². The first-order chi connectivity index (χ1) is 3.27.